The van der Waals surface area contributed by atoms with Crippen molar-refractivity contribution >= 4 is 27.3 Å². The quantitative estimate of drug-likeness (QED) is 0.300. The average Bonchev–Trinajstić information content (AvgIpc) is 2.86. The molecule has 0 fully saturated rings. The lowest BCUT2D eigenvalue weighted by atomic mass is 9.78. The van der Waals surface area contributed by atoms with Gasteiger partial charge in [-0.1, -0.05) is 6.07 Å². The highest BCUT2D eigenvalue weighted by Crippen LogP contribution is 2.50. The standard InChI is InChI=1S/C32H32O7/c1-15-8-23-21(16(2)39-15)12-22-24(10-19(37-4)11-26(22)38-5)29(23)20-7-6-17-9-18-13-32(3,36)14-25(33)27(18)31(35)28(17)30(20)34/h6-7,9-12,15-16,34-36H,8,13-14H2,1-5H3. The molecule has 4 aromatic rings. The van der Waals surface area contributed by atoms with Gasteiger partial charge in [0, 0.05) is 29.9 Å². The minimum atomic E-state index is -1.18. The summed E-state index contributed by atoms with van der Waals surface area (Å²) in [5.41, 5.74) is 2.96. The molecule has 1 aliphatic heterocycles. The van der Waals surface area contributed by atoms with Crippen LogP contribution in [0.5, 0.6) is 23.0 Å². The van der Waals surface area contributed by atoms with Crippen LogP contribution in [0.4, 0.5) is 0 Å². The molecular weight excluding hydrogens is 496 g/mol. The average molecular weight is 529 g/mol. The van der Waals surface area contributed by atoms with Gasteiger partial charge < -0.3 is 29.5 Å². The fourth-order valence-electron chi connectivity index (χ4n) is 6.51. The molecule has 1 heterocycles. The zero-order chi connectivity index (χ0) is 27.8. The summed E-state index contributed by atoms with van der Waals surface area (Å²) in [5, 5.41) is 36.2. The number of carbonyl (C=O) groups excluding carboxylic acids is 1. The molecule has 3 unspecified atom stereocenters. The maximum atomic E-state index is 13.0. The van der Waals surface area contributed by atoms with Crippen molar-refractivity contribution in [2.45, 2.75) is 57.8 Å². The third-order valence-corrected chi connectivity index (χ3v) is 8.15. The number of ketones is 1. The monoisotopic (exact) mass is 528 g/mol. The van der Waals surface area contributed by atoms with Crippen molar-refractivity contribution in [2.75, 3.05) is 14.2 Å². The van der Waals surface area contributed by atoms with E-state index in [2.05, 4.69) is 6.07 Å². The predicted octanol–water partition coefficient (Wildman–Crippen LogP) is 5.99. The fraction of sp³-hybridized carbons (Fsp3) is 0.344. The third kappa shape index (κ3) is 3.91. The Morgan fingerprint density at radius 2 is 1.72 bits per heavy atom. The molecule has 0 aromatic heterocycles. The number of fused-ring (bicyclic) bond motifs is 4. The van der Waals surface area contributed by atoms with Crippen LogP contribution in [0.25, 0.3) is 32.7 Å². The molecule has 7 nitrogen and oxygen atoms in total. The van der Waals surface area contributed by atoms with Crippen molar-refractivity contribution in [1.29, 1.82) is 0 Å². The molecule has 0 radical (unpaired) electrons. The van der Waals surface area contributed by atoms with Gasteiger partial charge in [0.25, 0.3) is 0 Å². The van der Waals surface area contributed by atoms with Crippen LogP contribution in [0.1, 0.15) is 60.3 Å². The van der Waals surface area contributed by atoms with E-state index in [4.69, 9.17) is 14.2 Å². The molecule has 202 valence electrons. The molecule has 0 amide bonds. The van der Waals surface area contributed by atoms with Gasteiger partial charge in [0.1, 0.15) is 23.0 Å². The van der Waals surface area contributed by atoms with Gasteiger partial charge in [0.15, 0.2) is 5.78 Å². The van der Waals surface area contributed by atoms with Crippen LogP contribution in [-0.4, -0.2) is 47.0 Å². The first-order valence-electron chi connectivity index (χ1n) is 13.2. The Hall–Kier alpha value is -3.81. The van der Waals surface area contributed by atoms with Gasteiger partial charge in [-0.25, -0.2) is 0 Å². The predicted molar refractivity (Wildman–Crippen MR) is 149 cm³/mol. The van der Waals surface area contributed by atoms with E-state index in [0.717, 1.165) is 27.5 Å². The number of phenols is 2. The van der Waals surface area contributed by atoms with Crippen molar-refractivity contribution in [3.63, 3.8) is 0 Å². The van der Waals surface area contributed by atoms with E-state index < -0.39 is 5.60 Å². The molecule has 0 bridgehead atoms. The first-order chi connectivity index (χ1) is 18.5. The van der Waals surface area contributed by atoms with Crippen LogP contribution in [0.15, 0.2) is 36.4 Å². The Kier molecular flexibility index (Phi) is 5.79. The molecular formula is C32H32O7. The van der Waals surface area contributed by atoms with Gasteiger partial charge in [-0.2, -0.15) is 0 Å². The molecule has 0 spiro atoms. The Bertz CT molecular complexity index is 1680. The van der Waals surface area contributed by atoms with Crippen LogP contribution in [0, 0.1) is 0 Å². The van der Waals surface area contributed by atoms with Gasteiger partial charge in [-0.3, -0.25) is 4.79 Å². The summed E-state index contributed by atoms with van der Waals surface area (Å²) in [6.07, 6.45) is 0.570. The molecule has 3 N–H and O–H groups in total. The Morgan fingerprint density at radius 1 is 0.949 bits per heavy atom. The topological polar surface area (TPSA) is 105 Å². The highest BCUT2D eigenvalue weighted by molar-refractivity contribution is 6.12. The van der Waals surface area contributed by atoms with Crippen LogP contribution in [0.3, 0.4) is 0 Å². The summed E-state index contributed by atoms with van der Waals surface area (Å²) in [4.78, 5) is 13.0. The summed E-state index contributed by atoms with van der Waals surface area (Å²) >= 11 is 0. The lowest BCUT2D eigenvalue weighted by Gasteiger charge is -2.32. The van der Waals surface area contributed by atoms with Crippen molar-refractivity contribution in [3.8, 4) is 34.1 Å². The fourth-order valence-corrected chi connectivity index (χ4v) is 6.51. The Morgan fingerprint density at radius 3 is 2.44 bits per heavy atom. The van der Waals surface area contributed by atoms with Crippen molar-refractivity contribution in [1.82, 2.24) is 0 Å². The number of carbonyl (C=O) groups is 1. The zero-order valence-corrected chi connectivity index (χ0v) is 22.7. The van der Waals surface area contributed by atoms with Crippen LogP contribution in [-0.2, 0) is 17.6 Å². The molecule has 0 saturated carbocycles. The third-order valence-electron chi connectivity index (χ3n) is 8.15. The highest BCUT2D eigenvalue weighted by atomic mass is 16.5. The molecule has 0 saturated heterocycles. The largest absolute Gasteiger partial charge is 0.507 e. The van der Waals surface area contributed by atoms with Crippen molar-refractivity contribution in [2.24, 2.45) is 0 Å². The maximum absolute atomic E-state index is 13.0. The second kappa shape index (κ2) is 8.86. The zero-order valence-electron chi connectivity index (χ0n) is 22.7. The number of phenolic OH excluding ortho intramolecular Hbond substituents is 2. The van der Waals surface area contributed by atoms with Gasteiger partial charge in [-0.15, -0.1) is 0 Å². The van der Waals surface area contributed by atoms with E-state index in [-0.39, 0.29) is 53.3 Å². The normalized spacial score (nSPS) is 22.6. The second-order valence-electron chi connectivity index (χ2n) is 11.1. The van der Waals surface area contributed by atoms with Gasteiger partial charge >= 0.3 is 0 Å². The smallest absolute Gasteiger partial charge is 0.169 e. The molecule has 4 aromatic carbocycles. The molecule has 2 aliphatic rings. The Balaban J connectivity index is 1.71. The van der Waals surface area contributed by atoms with Gasteiger partial charge in [0.05, 0.1) is 43.0 Å². The number of aromatic hydroxyl groups is 2. The van der Waals surface area contributed by atoms with Crippen molar-refractivity contribution < 1.29 is 34.3 Å². The summed E-state index contributed by atoms with van der Waals surface area (Å²) in [6.45, 7) is 5.66. The summed E-state index contributed by atoms with van der Waals surface area (Å²) in [6, 6.07) is 11.3. The van der Waals surface area contributed by atoms with E-state index in [9.17, 15) is 20.1 Å². The van der Waals surface area contributed by atoms with Crippen LogP contribution in [0.2, 0.25) is 0 Å². The molecule has 1 aliphatic carbocycles. The van der Waals surface area contributed by atoms with Crippen LogP contribution >= 0.6 is 0 Å². The lowest BCUT2D eigenvalue weighted by molar-refractivity contribution is -0.00442. The van der Waals surface area contributed by atoms with Gasteiger partial charge in [-0.05, 0) is 84.5 Å². The number of aliphatic hydroxyl groups is 1. The number of ether oxygens (including phenoxy) is 3. The van der Waals surface area contributed by atoms with Gasteiger partial charge in [0.2, 0.25) is 0 Å². The minimum absolute atomic E-state index is 0.0374. The SMILES string of the molecule is COc1cc(OC)c2cc3c(c(-c4ccc5cc6c(c(O)c5c4O)C(=O)CC(C)(O)C6)c2c1)CC(C)OC3C. The molecule has 7 heteroatoms. The number of Topliss-reactive ketones (excluding diaryl/α,β-unsaturated/α-hetero) is 1. The second-order valence-corrected chi connectivity index (χ2v) is 11.1. The number of rotatable bonds is 3. The maximum Gasteiger partial charge on any atom is 0.169 e. The minimum Gasteiger partial charge on any atom is -0.507 e. The van der Waals surface area contributed by atoms with Crippen LogP contribution < -0.4 is 9.47 Å². The molecule has 39 heavy (non-hydrogen) atoms. The molecule has 6 rings (SSSR count). The van der Waals surface area contributed by atoms with E-state index >= 15 is 0 Å². The highest BCUT2D eigenvalue weighted by Gasteiger charge is 2.36. The number of methoxy groups -OCH3 is 2. The van der Waals surface area contributed by atoms with E-state index in [1.54, 1.807) is 27.2 Å². The number of benzene rings is 4. The molecule has 3 atom stereocenters. The summed E-state index contributed by atoms with van der Waals surface area (Å²) in [5.74, 6) is 0.540. The number of hydrogen-bond acceptors (Lipinski definition) is 7. The summed E-state index contributed by atoms with van der Waals surface area (Å²) in [7, 11) is 3.21. The van der Waals surface area contributed by atoms with Crippen molar-refractivity contribution in [3.05, 3.63) is 58.7 Å². The lowest BCUT2D eigenvalue weighted by Crippen LogP contribution is -2.35. The summed E-state index contributed by atoms with van der Waals surface area (Å²) < 4.78 is 17.5. The number of hydrogen-bond donors (Lipinski definition) is 3. The van der Waals surface area contributed by atoms with E-state index in [0.29, 0.717) is 34.4 Å². The first-order valence-corrected chi connectivity index (χ1v) is 13.2. The first kappa shape index (κ1) is 25.5. The van der Waals surface area contributed by atoms with E-state index in [1.165, 1.54) is 0 Å². The van der Waals surface area contributed by atoms with E-state index in [1.807, 2.05) is 38.1 Å². The Labute approximate surface area is 226 Å².